The van der Waals surface area contributed by atoms with Crippen LogP contribution in [0.25, 0.3) is 0 Å². The Morgan fingerprint density at radius 1 is 1.33 bits per heavy atom. The van der Waals surface area contributed by atoms with E-state index in [1.54, 1.807) is 0 Å². The zero-order chi connectivity index (χ0) is 7.70. The van der Waals surface area contributed by atoms with Crippen LogP contribution in [0, 0.1) is 0 Å². The first kappa shape index (κ1) is 11.4. The van der Waals surface area contributed by atoms with Crippen molar-refractivity contribution in [2.45, 2.75) is 26.7 Å². The van der Waals surface area contributed by atoms with Crippen molar-refractivity contribution in [2.75, 3.05) is 0 Å². The Labute approximate surface area is 56.7 Å². The molecule has 0 spiro atoms. The summed E-state index contributed by atoms with van der Waals surface area (Å²) < 4.78 is 20.5. The number of hydrogen-bond acceptors (Lipinski definition) is 3. The van der Waals surface area contributed by atoms with Crippen LogP contribution in [0.2, 0.25) is 0 Å². The van der Waals surface area contributed by atoms with E-state index < -0.39 is 10.5 Å². The molecule has 2 N–H and O–H groups in total. The molecule has 0 aromatic heterocycles. The van der Waals surface area contributed by atoms with Gasteiger partial charge in [0.2, 0.25) is 0 Å². The van der Waals surface area contributed by atoms with Crippen molar-refractivity contribution in [3.63, 3.8) is 0 Å². The molecule has 56 valence electrons. The molecule has 0 atom stereocenters. The molecular formula is C4H12N2O2S. The van der Waals surface area contributed by atoms with E-state index in [0.29, 0.717) is 0 Å². The van der Waals surface area contributed by atoms with E-state index in [1.165, 1.54) is 12.8 Å². The van der Waals surface area contributed by atoms with Gasteiger partial charge in [-0.3, -0.25) is 0 Å². The first-order valence-corrected chi connectivity index (χ1v) is 3.72. The lowest BCUT2D eigenvalue weighted by Crippen LogP contribution is -1.73. The minimum Gasteiger partial charge on any atom is -0.212 e. The van der Waals surface area contributed by atoms with Crippen LogP contribution in [-0.4, -0.2) is 8.42 Å². The molecule has 0 heterocycles. The van der Waals surface area contributed by atoms with Gasteiger partial charge in [-0.2, -0.15) is 8.42 Å². The smallest absolute Gasteiger partial charge is 0.212 e. The molecule has 4 nitrogen and oxygen atoms in total. The van der Waals surface area contributed by atoms with Crippen LogP contribution in [0.4, 0.5) is 0 Å². The Morgan fingerprint density at radius 3 is 1.56 bits per heavy atom. The molecule has 0 amide bonds. The summed E-state index contributed by atoms with van der Waals surface area (Å²) >= 11 is 0. The van der Waals surface area contributed by atoms with E-state index in [0.717, 1.165) is 0 Å². The lowest BCUT2D eigenvalue weighted by molar-refractivity contribution is 0.620. The second-order valence-corrected chi connectivity index (χ2v) is 1.97. The van der Waals surface area contributed by atoms with Crippen molar-refractivity contribution in [3.05, 3.63) is 0 Å². The normalized spacial score (nSPS) is 7.00. The van der Waals surface area contributed by atoms with Crippen molar-refractivity contribution in [2.24, 2.45) is 10.3 Å². The number of nitrogens with two attached hydrogens (primary N) is 1. The molecule has 9 heavy (non-hydrogen) atoms. The van der Waals surface area contributed by atoms with Crippen LogP contribution in [0.15, 0.2) is 4.47 Å². The first-order chi connectivity index (χ1) is 4.18. The fraction of sp³-hybridized carbons (Fsp3) is 1.00. The predicted octanol–water partition coefficient (Wildman–Crippen LogP) is 0.729. The quantitative estimate of drug-likeness (QED) is 0.444. The summed E-state index contributed by atoms with van der Waals surface area (Å²) in [6.45, 7) is 4.36. The van der Waals surface area contributed by atoms with Crippen LogP contribution < -0.4 is 5.84 Å². The van der Waals surface area contributed by atoms with Crippen LogP contribution in [0.3, 0.4) is 0 Å². The summed E-state index contributed by atoms with van der Waals surface area (Å²) in [5, 5.41) is 0. The maximum absolute atomic E-state index is 9.08. The third-order valence-electron chi connectivity index (χ3n) is 0.586. The average Bonchev–Trinajstić information content (AvgIpc) is 1.89. The van der Waals surface area contributed by atoms with E-state index in [1.807, 2.05) is 0 Å². The van der Waals surface area contributed by atoms with E-state index in [-0.39, 0.29) is 0 Å². The number of hydrogen-bond donors (Lipinski definition) is 1. The van der Waals surface area contributed by atoms with E-state index in [2.05, 4.69) is 24.2 Å². The molecule has 0 unspecified atom stereocenters. The Kier molecular flexibility index (Phi) is 13.3. The topological polar surface area (TPSA) is 72.5 Å². The summed E-state index contributed by atoms with van der Waals surface area (Å²) in [5.74, 6) is 4.18. The lowest BCUT2D eigenvalue weighted by atomic mass is 10.4. The molecule has 0 aliphatic heterocycles. The number of rotatable bonds is 1. The van der Waals surface area contributed by atoms with Gasteiger partial charge in [-0.05, 0) is 0 Å². The predicted molar refractivity (Wildman–Crippen MR) is 36.1 cm³/mol. The van der Waals surface area contributed by atoms with Crippen LogP contribution in [0.1, 0.15) is 26.7 Å². The van der Waals surface area contributed by atoms with Crippen LogP contribution in [0.5, 0.6) is 0 Å². The summed E-state index contributed by atoms with van der Waals surface area (Å²) in [5.41, 5.74) is 0. The molecule has 5 heteroatoms. The van der Waals surface area contributed by atoms with Crippen LogP contribution in [-0.2, 0) is 10.5 Å². The Balaban J connectivity index is 0. The third kappa shape index (κ3) is 35.5. The van der Waals surface area contributed by atoms with Gasteiger partial charge in [0.25, 0.3) is 0 Å². The van der Waals surface area contributed by atoms with Crippen molar-refractivity contribution >= 4 is 10.5 Å². The summed E-state index contributed by atoms with van der Waals surface area (Å²) in [6.07, 6.45) is 2.64. The SMILES string of the molecule is CCCC.NN=S(=O)=O. The highest BCUT2D eigenvalue weighted by atomic mass is 32.2. The van der Waals surface area contributed by atoms with Crippen molar-refractivity contribution in [1.29, 1.82) is 0 Å². The number of unbranched alkanes of at least 4 members (excludes halogenated alkanes) is 1. The molecule has 0 rings (SSSR count). The molecular weight excluding hydrogens is 140 g/mol. The highest BCUT2D eigenvalue weighted by molar-refractivity contribution is 7.61. The van der Waals surface area contributed by atoms with Crippen molar-refractivity contribution in [1.82, 2.24) is 0 Å². The Bertz CT molecular complexity index is 140. The Hall–Kier alpha value is -0.420. The largest absolute Gasteiger partial charge is 0.327 e. The van der Waals surface area contributed by atoms with Gasteiger partial charge >= 0.3 is 10.5 Å². The monoisotopic (exact) mass is 152 g/mol. The molecule has 0 fully saturated rings. The molecule has 0 aromatic carbocycles. The van der Waals surface area contributed by atoms with Gasteiger partial charge in [-0.25, -0.2) is 5.84 Å². The molecule has 0 aromatic rings. The molecule has 0 bridgehead atoms. The molecule has 0 aliphatic rings. The maximum atomic E-state index is 9.08. The van der Waals surface area contributed by atoms with Gasteiger partial charge in [-0.1, -0.05) is 31.2 Å². The summed E-state index contributed by atoms with van der Waals surface area (Å²) in [4.78, 5) is 0. The zero-order valence-electron chi connectivity index (χ0n) is 5.66. The van der Waals surface area contributed by atoms with Crippen LogP contribution >= 0.6 is 0 Å². The fourth-order valence-corrected chi connectivity index (χ4v) is 0. The molecule has 0 saturated heterocycles. The first-order valence-electron chi connectivity index (χ1n) is 2.69. The van der Waals surface area contributed by atoms with E-state index >= 15 is 0 Å². The zero-order valence-corrected chi connectivity index (χ0v) is 6.48. The lowest BCUT2D eigenvalue weighted by Gasteiger charge is -1.68. The highest BCUT2D eigenvalue weighted by Crippen LogP contribution is 1.76. The van der Waals surface area contributed by atoms with Gasteiger partial charge in [0.1, 0.15) is 0 Å². The second-order valence-electron chi connectivity index (χ2n) is 1.32. The highest BCUT2D eigenvalue weighted by Gasteiger charge is 1.56. The Morgan fingerprint density at radius 2 is 1.56 bits per heavy atom. The van der Waals surface area contributed by atoms with Gasteiger partial charge in [0.05, 0.1) is 0 Å². The van der Waals surface area contributed by atoms with Crippen molar-refractivity contribution < 1.29 is 8.42 Å². The molecule has 0 radical (unpaired) electrons. The van der Waals surface area contributed by atoms with Gasteiger partial charge < -0.3 is 0 Å². The third-order valence-corrected chi connectivity index (χ3v) is 0.758. The average molecular weight is 152 g/mol. The van der Waals surface area contributed by atoms with Gasteiger partial charge in [0.15, 0.2) is 0 Å². The second kappa shape index (κ2) is 10.5. The molecule has 0 aliphatic carbocycles. The number of nitrogens with zero attached hydrogens (tertiary/aromatic N) is 1. The van der Waals surface area contributed by atoms with E-state index in [9.17, 15) is 0 Å². The van der Waals surface area contributed by atoms with E-state index in [4.69, 9.17) is 8.42 Å². The van der Waals surface area contributed by atoms with Gasteiger partial charge in [-0.15, -0.1) is 0 Å². The van der Waals surface area contributed by atoms with Gasteiger partial charge in [0, 0.05) is 0 Å². The maximum Gasteiger partial charge on any atom is 0.327 e. The van der Waals surface area contributed by atoms with Crippen molar-refractivity contribution in [3.8, 4) is 0 Å². The summed E-state index contributed by atoms with van der Waals surface area (Å²) in [7, 11) is -2.42. The molecule has 0 saturated carbocycles. The standard InChI is InChI=1S/C4H10.H2N2O2S/c1-3-4-2;1-2-5(3)4/h3-4H2,1-2H3;1H2. The fourth-order valence-electron chi connectivity index (χ4n) is 0. The minimum atomic E-state index is -2.42. The summed E-state index contributed by atoms with van der Waals surface area (Å²) in [6, 6.07) is 0. The minimum absolute atomic E-state index is 1.32.